The van der Waals surface area contributed by atoms with Gasteiger partial charge >= 0.3 is 0 Å². The number of aliphatic hydroxyl groups is 2. The fourth-order valence-electron chi connectivity index (χ4n) is 3.02. The first-order chi connectivity index (χ1) is 8.97. The minimum atomic E-state index is -0.343. The Labute approximate surface area is 116 Å². The smallest absolute Gasteiger partial charge is 0.134 e. The van der Waals surface area contributed by atoms with Crippen molar-refractivity contribution in [3.05, 3.63) is 0 Å². The summed E-state index contributed by atoms with van der Waals surface area (Å²) in [5.74, 6) is 0.249. The van der Waals surface area contributed by atoms with E-state index in [9.17, 15) is 15.0 Å². The number of Topliss-reactive ketones (excluding diaryl/α,β-unsaturated/α-hetero) is 1. The first kappa shape index (κ1) is 16.6. The van der Waals surface area contributed by atoms with Crippen molar-refractivity contribution in [2.75, 3.05) is 7.05 Å². The highest BCUT2D eigenvalue weighted by Gasteiger charge is 2.34. The van der Waals surface area contributed by atoms with Crippen LogP contribution in [-0.2, 0) is 4.79 Å². The maximum atomic E-state index is 11.6. The third kappa shape index (κ3) is 5.21. The predicted octanol–water partition coefficient (Wildman–Crippen LogP) is 1.73. The number of aliphatic hydroxyl groups excluding tert-OH is 2. The van der Waals surface area contributed by atoms with Crippen molar-refractivity contribution in [2.24, 2.45) is 0 Å². The summed E-state index contributed by atoms with van der Waals surface area (Å²) < 4.78 is 0. The van der Waals surface area contributed by atoms with Gasteiger partial charge in [-0.1, -0.05) is 20.3 Å². The molecule has 1 heterocycles. The quantitative estimate of drug-likeness (QED) is 0.740. The van der Waals surface area contributed by atoms with Crippen LogP contribution in [0.5, 0.6) is 0 Å². The zero-order valence-corrected chi connectivity index (χ0v) is 12.5. The molecular weight excluding hydrogens is 242 g/mol. The van der Waals surface area contributed by atoms with E-state index in [1.54, 1.807) is 0 Å². The number of nitrogens with zero attached hydrogens (tertiary/aromatic N) is 1. The van der Waals surface area contributed by atoms with Gasteiger partial charge in [-0.05, 0) is 32.7 Å². The van der Waals surface area contributed by atoms with Crippen LogP contribution in [-0.4, -0.2) is 52.2 Å². The lowest BCUT2D eigenvalue weighted by Gasteiger charge is -2.42. The summed E-state index contributed by atoms with van der Waals surface area (Å²) in [6, 6.07) is 0.301. The zero-order chi connectivity index (χ0) is 14.4. The monoisotopic (exact) mass is 271 g/mol. The molecule has 0 amide bonds. The van der Waals surface area contributed by atoms with Crippen LogP contribution in [0.25, 0.3) is 0 Å². The largest absolute Gasteiger partial charge is 0.393 e. The van der Waals surface area contributed by atoms with E-state index in [4.69, 9.17) is 0 Å². The molecule has 0 unspecified atom stereocenters. The standard InChI is InChI=1S/C15H29NO3/c1-4-6-14(18)8-12-10-15(19)9-11(16(12)3)7-13(17)5-2/h11-12,14-15,18-19H,4-10H2,1-3H3/t11-,12+,14-,15+/m0/s1. The zero-order valence-electron chi connectivity index (χ0n) is 12.5. The van der Waals surface area contributed by atoms with E-state index >= 15 is 0 Å². The molecule has 2 N–H and O–H groups in total. The molecule has 1 rings (SSSR count). The molecule has 19 heavy (non-hydrogen) atoms. The van der Waals surface area contributed by atoms with Gasteiger partial charge in [-0.15, -0.1) is 0 Å². The van der Waals surface area contributed by atoms with Crippen LogP contribution < -0.4 is 0 Å². The van der Waals surface area contributed by atoms with Crippen LogP contribution in [0.15, 0.2) is 0 Å². The van der Waals surface area contributed by atoms with Crippen molar-refractivity contribution in [3.63, 3.8) is 0 Å². The van der Waals surface area contributed by atoms with Crippen molar-refractivity contribution >= 4 is 5.78 Å². The number of carbonyl (C=O) groups excluding carboxylic acids is 1. The van der Waals surface area contributed by atoms with E-state index < -0.39 is 0 Å². The summed E-state index contributed by atoms with van der Waals surface area (Å²) in [4.78, 5) is 13.8. The lowest BCUT2D eigenvalue weighted by molar-refractivity contribution is -0.121. The molecule has 1 saturated heterocycles. The van der Waals surface area contributed by atoms with Crippen molar-refractivity contribution in [1.82, 2.24) is 4.90 Å². The van der Waals surface area contributed by atoms with E-state index in [2.05, 4.69) is 11.8 Å². The summed E-state index contributed by atoms with van der Waals surface area (Å²) in [5.41, 5.74) is 0. The lowest BCUT2D eigenvalue weighted by atomic mass is 9.87. The maximum absolute atomic E-state index is 11.6. The van der Waals surface area contributed by atoms with Crippen LogP contribution in [0.3, 0.4) is 0 Å². The Hall–Kier alpha value is -0.450. The molecule has 0 aromatic heterocycles. The van der Waals surface area contributed by atoms with Crippen molar-refractivity contribution in [3.8, 4) is 0 Å². The van der Waals surface area contributed by atoms with Crippen molar-refractivity contribution < 1.29 is 15.0 Å². The molecule has 0 bridgehead atoms. The number of rotatable bonds is 7. The number of hydrogen-bond donors (Lipinski definition) is 2. The van der Waals surface area contributed by atoms with E-state index in [0.29, 0.717) is 32.1 Å². The lowest BCUT2D eigenvalue weighted by Crippen LogP contribution is -2.50. The Balaban J connectivity index is 2.58. The molecule has 0 spiro atoms. The average molecular weight is 271 g/mol. The minimum Gasteiger partial charge on any atom is -0.393 e. The molecule has 0 aliphatic carbocycles. The van der Waals surface area contributed by atoms with Gasteiger partial charge < -0.3 is 10.2 Å². The third-order valence-corrected chi connectivity index (χ3v) is 4.26. The van der Waals surface area contributed by atoms with Gasteiger partial charge in [0.15, 0.2) is 0 Å². The van der Waals surface area contributed by atoms with E-state index in [-0.39, 0.29) is 30.1 Å². The molecule has 112 valence electrons. The maximum Gasteiger partial charge on any atom is 0.134 e. The molecule has 1 aliphatic heterocycles. The second kappa shape index (κ2) is 7.98. The summed E-state index contributed by atoms with van der Waals surface area (Å²) in [7, 11) is 2.02. The van der Waals surface area contributed by atoms with Gasteiger partial charge in [0.05, 0.1) is 12.2 Å². The van der Waals surface area contributed by atoms with Crippen LogP contribution >= 0.6 is 0 Å². The fraction of sp³-hybridized carbons (Fsp3) is 0.933. The Morgan fingerprint density at radius 2 is 1.95 bits per heavy atom. The first-order valence-corrected chi connectivity index (χ1v) is 7.57. The molecule has 4 atom stereocenters. The number of ketones is 1. The summed E-state index contributed by atoms with van der Waals surface area (Å²) in [6.45, 7) is 3.94. The molecule has 0 radical (unpaired) electrons. The number of carbonyl (C=O) groups is 1. The van der Waals surface area contributed by atoms with Crippen LogP contribution in [0.2, 0.25) is 0 Å². The fourth-order valence-corrected chi connectivity index (χ4v) is 3.02. The average Bonchev–Trinajstić information content (AvgIpc) is 2.35. The Kier molecular flexibility index (Phi) is 6.97. The summed E-state index contributed by atoms with van der Waals surface area (Å²) >= 11 is 0. The predicted molar refractivity (Wildman–Crippen MR) is 76.0 cm³/mol. The Bertz CT molecular complexity index is 283. The van der Waals surface area contributed by atoms with Crippen molar-refractivity contribution in [2.45, 2.75) is 83.1 Å². The topological polar surface area (TPSA) is 60.8 Å². The molecule has 1 fully saturated rings. The molecule has 0 aromatic rings. The normalized spacial score (nSPS) is 30.3. The molecule has 1 aliphatic rings. The molecule has 0 aromatic carbocycles. The minimum absolute atomic E-state index is 0.120. The van der Waals surface area contributed by atoms with E-state index in [1.807, 2.05) is 14.0 Å². The number of likely N-dealkylation sites (tertiary alicyclic amines) is 1. The first-order valence-electron chi connectivity index (χ1n) is 7.57. The highest BCUT2D eigenvalue weighted by atomic mass is 16.3. The van der Waals surface area contributed by atoms with Crippen LogP contribution in [0.4, 0.5) is 0 Å². The Morgan fingerprint density at radius 3 is 2.53 bits per heavy atom. The summed E-state index contributed by atoms with van der Waals surface area (Å²) in [6.07, 6.45) is 4.27. The molecule has 4 heteroatoms. The van der Waals surface area contributed by atoms with Gasteiger partial charge in [0.2, 0.25) is 0 Å². The van der Waals surface area contributed by atoms with Crippen molar-refractivity contribution in [1.29, 1.82) is 0 Å². The second-order valence-corrected chi connectivity index (χ2v) is 5.87. The molecule has 0 saturated carbocycles. The molecule has 4 nitrogen and oxygen atoms in total. The van der Waals surface area contributed by atoms with E-state index in [1.165, 1.54) is 0 Å². The van der Waals surface area contributed by atoms with Gasteiger partial charge in [-0.2, -0.15) is 0 Å². The second-order valence-electron chi connectivity index (χ2n) is 5.87. The third-order valence-electron chi connectivity index (χ3n) is 4.26. The number of piperidine rings is 1. The van der Waals surface area contributed by atoms with E-state index in [0.717, 1.165) is 12.8 Å². The van der Waals surface area contributed by atoms with Gasteiger partial charge in [-0.3, -0.25) is 9.69 Å². The van der Waals surface area contributed by atoms with Crippen LogP contribution in [0, 0.1) is 0 Å². The highest BCUT2D eigenvalue weighted by Crippen LogP contribution is 2.27. The highest BCUT2D eigenvalue weighted by molar-refractivity contribution is 5.78. The van der Waals surface area contributed by atoms with Gasteiger partial charge in [0, 0.05) is 24.9 Å². The van der Waals surface area contributed by atoms with Gasteiger partial charge in [0.1, 0.15) is 5.78 Å². The Morgan fingerprint density at radius 1 is 1.32 bits per heavy atom. The van der Waals surface area contributed by atoms with Gasteiger partial charge in [0.25, 0.3) is 0 Å². The SMILES string of the molecule is CCC[C@H](O)C[C@@H]1C[C@H](O)C[C@H](CC(=O)CC)N1C. The van der Waals surface area contributed by atoms with Crippen LogP contribution in [0.1, 0.15) is 58.8 Å². The molecular formula is C15H29NO3. The summed E-state index contributed by atoms with van der Waals surface area (Å²) in [5, 5.41) is 19.9. The van der Waals surface area contributed by atoms with Gasteiger partial charge in [-0.25, -0.2) is 0 Å². The number of hydrogen-bond acceptors (Lipinski definition) is 4.